The lowest BCUT2D eigenvalue weighted by Gasteiger charge is -2.29. The summed E-state index contributed by atoms with van der Waals surface area (Å²) >= 11 is 0. The van der Waals surface area contributed by atoms with Gasteiger partial charge in [0.2, 0.25) is 0 Å². The van der Waals surface area contributed by atoms with Crippen LogP contribution in [-0.2, 0) is 9.53 Å². The Morgan fingerprint density at radius 2 is 2.36 bits per heavy atom. The lowest BCUT2D eigenvalue weighted by atomic mass is 9.80. The number of ether oxygens (including phenoxy) is 1. The largest absolute Gasteiger partial charge is 0.465 e. The molecule has 0 aromatic heterocycles. The summed E-state index contributed by atoms with van der Waals surface area (Å²) in [6, 6.07) is 0. The van der Waals surface area contributed by atoms with E-state index in [-0.39, 0.29) is 11.4 Å². The smallest absolute Gasteiger partial charge is 0.313 e. The van der Waals surface area contributed by atoms with E-state index in [4.69, 9.17) is 4.74 Å². The van der Waals surface area contributed by atoms with Gasteiger partial charge in [0, 0.05) is 6.54 Å². The predicted molar refractivity (Wildman–Crippen MR) is 40.1 cm³/mol. The van der Waals surface area contributed by atoms with Crippen LogP contribution in [-0.4, -0.2) is 25.7 Å². The Hall–Kier alpha value is -0.570. The van der Waals surface area contributed by atoms with E-state index in [1.807, 2.05) is 0 Å². The molecule has 2 heterocycles. The van der Waals surface area contributed by atoms with Gasteiger partial charge in [0.05, 0.1) is 12.0 Å². The molecule has 3 heteroatoms. The number of piperidine rings is 1. The summed E-state index contributed by atoms with van der Waals surface area (Å²) in [7, 11) is 0. The molecule has 0 radical (unpaired) electrons. The van der Waals surface area contributed by atoms with Crippen LogP contribution in [0, 0.1) is 5.41 Å². The van der Waals surface area contributed by atoms with Crippen molar-refractivity contribution in [3.63, 3.8) is 0 Å². The molecule has 0 bridgehead atoms. The molecule has 2 saturated heterocycles. The second-order valence-corrected chi connectivity index (χ2v) is 3.45. The fourth-order valence-corrected chi connectivity index (χ4v) is 1.95. The molecule has 0 aromatic carbocycles. The van der Waals surface area contributed by atoms with Gasteiger partial charge in [-0.3, -0.25) is 4.79 Å². The van der Waals surface area contributed by atoms with Crippen molar-refractivity contribution in [1.29, 1.82) is 0 Å². The quantitative estimate of drug-likeness (QED) is 0.511. The van der Waals surface area contributed by atoms with Gasteiger partial charge < -0.3 is 10.1 Å². The maximum Gasteiger partial charge on any atom is 0.313 e. The van der Waals surface area contributed by atoms with E-state index in [0.717, 1.165) is 32.4 Å². The molecule has 2 aliphatic rings. The van der Waals surface area contributed by atoms with Crippen molar-refractivity contribution in [1.82, 2.24) is 5.32 Å². The highest BCUT2D eigenvalue weighted by Crippen LogP contribution is 2.35. The maximum atomic E-state index is 11.3. The normalized spacial score (nSPS) is 37.6. The average Bonchev–Trinajstić information content (AvgIpc) is 2.36. The van der Waals surface area contributed by atoms with E-state index in [1.165, 1.54) is 0 Å². The van der Waals surface area contributed by atoms with E-state index in [1.54, 1.807) is 0 Å². The van der Waals surface area contributed by atoms with Gasteiger partial charge in [-0.25, -0.2) is 0 Å². The first-order valence-electron chi connectivity index (χ1n) is 4.21. The third-order valence-corrected chi connectivity index (χ3v) is 2.72. The molecular weight excluding hydrogens is 142 g/mol. The molecule has 0 unspecified atom stereocenters. The summed E-state index contributed by atoms with van der Waals surface area (Å²) in [6.07, 6.45) is 3.03. The number of carbonyl (C=O) groups excluding carboxylic acids is 1. The highest BCUT2D eigenvalue weighted by molar-refractivity contribution is 5.79. The molecule has 0 amide bonds. The van der Waals surface area contributed by atoms with Gasteiger partial charge in [-0.05, 0) is 25.8 Å². The van der Waals surface area contributed by atoms with E-state index in [9.17, 15) is 4.79 Å². The third kappa shape index (κ3) is 1.03. The molecular formula is C8H13NO2. The minimum Gasteiger partial charge on any atom is -0.465 e. The van der Waals surface area contributed by atoms with Crippen molar-refractivity contribution in [2.24, 2.45) is 5.41 Å². The molecule has 2 rings (SSSR count). The summed E-state index contributed by atoms with van der Waals surface area (Å²) in [4.78, 5) is 11.3. The van der Waals surface area contributed by atoms with Crippen LogP contribution >= 0.6 is 0 Å². The number of cyclic esters (lactones) is 1. The first kappa shape index (κ1) is 7.10. The minimum absolute atomic E-state index is 0.0182. The van der Waals surface area contributed by atoms with Crippen molar-refractivity contribution < 1.29 is 9.53 Å². The fourth-order valence-electron chi connectivity index (χ4n) is 1.95. The van der Waals surface area contributed by atoms with Crippen molar-refractivity contribution in [2.45, 2.75) is 19.3 Å². The first-order valence-corrected chi connectivity index (χ1v) is 4.21. The van der Waals surface area contributed by atoms with Crippen LogP contribution in [0.2, 0.25) is 0 Å². The summed E-state index contributed by atoms with van der Waals surface area (Å²) in [6.45, 7) is 2.50. The van der Waals surface area contributed by atoms with E-state index >= 15 is 0 Å². The van der Waals surface area contributed by atoms with Crippen LogP contribution in [0.4, 0.5) is 0 Å². The van der Waals surface area contributed by atoms with Gasteiger partial charge in [0.15, 0.2) is 0 Å². The average molecular weight is 155 g/mol. The Labute approximate surface area is 66.1 Å². The molecule has 2 fully saturated rings. The molecule has 11 heavy (non-hydrogen) atoms. The molecule has 1 spiro atoms. The molecule has 1 atom stereocenters. The lowest BCUT2D eigenvalue weighted by molar-refractivity contribution is -0.147. The number of carbonyl (C=O) groups is 1. The molecule has 1 N–H and O–H groups in total. The van der Waals surface area contributed by atoms with Crippen LogP contribution < -0.4 is 5.32 Å². The number of hydrogen-bond acceptors (Lipinski definition) is 3. The minimum atomic E-state index is -0.141. The Morgan fingerprint density at radius 3 is 2.91 bits per heavy atom. The molecule has 2 aliphatic heterocycles. The summed E-state index contributed by atoms with van der Waals surface area (Å²) in [5.41, 5.74) is -0.141. The van der Waals surface area contributed by atoms with Crippen LogP contribution in [0.3, 0.4) is 0 Å². The Bertz CT molecular complexity index is 173. The number of rotatable bonds is 0. The monoisotopic (exact) mass is 155 g/mol. The topological polar surface area (TPSA) is 38.3 Å². The fraction of sp³-hybridized carbons (Fsp3) is 0.875. The Kier molecular flexibility index (Phi) is 1.60. The number of nitrogens with one attached hydrogen (secondary N) is 1. The van der Waals surface area contributed by atoms with Crippen LogP contribution in [0.5, 0.6) is 0 Å². The van der Waals surface area contributed by atoms with Crippen molar-refractivity contribution in [2.75, 3.05) is 19.7 Å². The van der Waals surface area contributed by atoms with Crippen LogP contribution in [0.25, 0.3) is 0 Å². The molecule has 3 nitrogen and oxygen atoms in total. The zero-order valence-corrected chi connectivity index (χ0v) is 6.56. The highest BCUT2D eigenvalue weighted by atomic mass is 16.5. The van der Waals surface area contributed by atoms with Gasteiger partial charge in [-0.15, -0.1) is 0 Å². The van der Waals surface area contributed by atoms with Crippen molar-refractivity contribution in [3.8, 4) is 0 Å². The number of hydrogen-bond donors (Lipinski definition) is 1. The Morgan fingerprint density at radius 1 is 1.45 bits per heavy atom. The summed E-state index contributed by atoms with van der Waals surface area (Å²) < 4.78 is 4.97. The molecule has 0 saturated carbocycles. The third-order valence-electron chi connectivity index (χ3n) is 2.72. The standard InChI is InChI=1S/C8H13NO2/c10-7-8(3-5-11-7)2-1-4-9-6-8/h9H,1-6H2/t8-/m0/s1. The lowest BCUT2D eigenvalue weighted by Crippen LogP contribution is -2.42. The van der Waals surface area contributed by atoms with Crippen molar-refractivity contribution in [3.05, 3.63) is 0 Å². The van der Waals surface area contributed by atoms with Crippen LogP contribution in [0.1, 0.15) is 19.3 Å². The number of esters is 1. The van der Waals surface area contributed by atoms with E-state index in [0.29, 0.717) is 6.61 Å². The Balaban J connectivity index is 2.12. The maximum absolute atomic E-state index is 11.3. The second kappa shape index (κ2) is 2.48. The van der Waals surface area contributed by atoms with Gasteiger partial charge in [0.25, 0.3) is 0 Å². The summed E-state index contributed by atoms with van der Waals surface area (Å²) in [5.74, 6) is 0.0182. The molecule has 0 aromatic rings. The van der Waals surface area contributed by atoms with E-state index < -0.39 is 0 Å². The first-order chi connectivity index (χ1) is 5.33. The highest BCUT2D eigenvalue weighted by Gasteiger charge is 2.44. The van der Waals surface area contributed by atoms with Gasteiger partial charge in [-0.2, -0.15) is 0 Å². The molecule has 62 valence electrons. The molecule has 0 aliphatic carbocycles. The van der Waals surface area contributed by atoms with Crippen LogP contribution in [0.15, 0.2) is 0 Å². The summed E-state index contributed by atoms with van der Waals surface area (Å²) in [5, 5.41) is 3.25. The predicted octanol–water partition coefficient (Wildman–Crippen LogP) is 0.303. The van der Waals surface area contributed by atoms with Gasteiger partial charge >= 0.3 is 5.97 Å². The zero-order valence-electron chi connectivity index (χ0n) is 6.56. The van der Waals surface area contributed by atoms with Crippen molar-refractivity contribution >= 4 is 5.97 Å². The van der Waals surface area contributed by atoms with Gasteiger partial charge in [0.1, 0.15) is 0 Å². The zero-order chi connectivity index (χ0) is 7.73. The van der Waals surface area contributed by atoms with E-state index in [2.05, 4.69) is 5.32 Å². The second-order valence-electron chi connectivity index (χ2n) is 3.45. The van der Waals surface area contributed by atoms with Gasteiger partial charge in [-0.1, -0.05) is 0 Å². The SMILES string of the molecule is O=C1OCC[C@]12CCCNC2.